The molecular formula is C12H20N3O7+. The molecule has 2 aliphatic heterocycles. The molecule has 0 aromatic rings. The first-order valence-corrected chi connectivity index (χ1v) is 7.00. The summed E-state index contributed by atoms with van der Waals surface area (Å²) in [5, 5.41) is 39.8. The number of urea groups is 1. The van der Waals surface area contributed by atoms with Crippen LogP contribution >= 0.6 is 0 Å². The number of aliphatic hydroxyl groups excluding tert-OH is 3. The van der Waals surface area contributed by atoms with Gasteiger partial charge in [-0.25, -0.2) is 9.59 Å². The minimum atomic E-state index is -1.27. The summed E-state index contributed by atoms with van der Waals surface area (Å²) >= 11 is 0. The number of hydrogen-bond donors (Lipinski definition) is 6. The van der Waals surface area contributed by atoms with Gasteiger partial charge in [-0.3, -0.25) is 10.1 Å². The number of carboxylic acids is 1. The quantitative estimate of drug-likeness (QED) is 0.298. The summed E-state index contributed by atoms with van der Waals surface area (Å²) in [6, 6.07) is -2.60. The molecule has 2 saturated heterocycles. The van der Waals surface area contributed by atoms with Crippen molar-refractivity contribution in [3.05, 3.63) is 0 Å². The summed E-state index contributed by atoms with van der Waals surface area (Å²) in [6.45, 7) is 0.130. The fourth-order valence-electron chi connectivity index (χ4n) is 2.99. The van der Waals surface area contributed by atoms with Crippen LogP contribution in [0.15, 0.2) is 0 Å². The van der Waals surface area contributed by atoms with Crippen LogP contribution in [0.2, 0.25) is 0 Å². The molecule has 2 heterocycles. The molecule has 2 rings (SSSR count). The molecule has 10 nitrogen and oxygen atoms in total. The van der Waals surface area contributed by atoms with Crippen LogP contribution < -0.4 is 10.2 Å². The lowest BCUT2D eigenvalue weighted by Gasteiger charge is -2.33. The highest BCUT2D eigenvalue weighted by molar-refractivity contribution is 6.01. The van der Waals surface area contributed by atoms with Gasteiger partial charge in [0.1, 0.15) is 30.8 Å². The van der Waals surface area contributed by atoms with Crippen LogP contribution in [0, 0.1) is 0 Å². The Morgan fingerprint density at radius 1 is 1.36 bits per heavy atom. The number of carbonyl (C=O) groups is 3. The Morgan fingerprint density at radius 3 is 2.64 bits per heavy atom. The van der Waals surface area contributed by atoms with Gasteiger partial charge in [0.2, 0.25) is 5.91 Å². The highest BCUT2D eigenvalue weighted by atomic mass is 16.4. The van der Waals surface area contributed by atoms with E-state index < -0.39 is 42.2 Å². The van der Waals surface area contributed by atoms with Gasteiger partial charge >= 0.3 is 12.0 Å². The van der Waals surface area contributed by atoms with Crippen molar-refractivity contribution in [1.29, 1.82) is 0 Å². The van der Waals surface area contributed by atoms with E-state index in [1.165, 1.54) is 0 Å². The molecule has 0 aromatic heterocycles. The Morgan fingerprint density at radius 2 is 2.05 bits per heavy atom. The third kappa shape index (κ3) is 3.19. The first-order valence-electron chi connectivity index (χ1n) is 7.00. The van der Waals surface area contributed by atoms with Crippen molar-refractivity contribution in [2.45, 2.75) is 30.7 Å². The topological polar surface area (TPSA) is 152 Å². The van der Waals surface area contributed by atoms with Crippen LogP contribution in [-0.4, -0.2) is 93.8 Å². The molecule has 2 aliphatic rings. The molecule has 124 valence electrons. The Bertz CT molecular complexity index is 472. The smallest absolute Gasteiger partial charge is 0.327 e. The summed E-state index contributed by atoms with van der Waals surface area (Å²) in [6.07, 6.45) is -2.35. The van der Waals surface area contributed by atoms with Crippen LogP contribution in [-0.2, 0) is 9.59 Å². The Kier molecular flexibility index (Phi) is 4.96. The second kappa shape index (κ2) is 6.57. The number of likely N-dealkylation sites (tertiary alicyclic amines) is 1. The second-order valence-electron chi connectivity index (χ2n) is 5.56. The summed E-state index contributed by atoms with van der Waals surface area (Å²) in [5.74, 6) is -1.90. The number of amides is 3. The Balaban J connectivity index is 2.01. The predicted octanol–water partition coefficient (Wildman–Crippen LogP) is -4.64. The molecule has 5 atom stereocenters. The number of nitrogens with one attached hydrogen (secondary N) is 2. The molecule has 0 aromatic carbocycles. The van der Waals surface area contributed by atoms with Crippen LogP contribution in [0.1, 0.15) is 6.42 Å². The number of aliphatic carboxylic acids is 1. The number of hydrogen-bond acceptors (Lipinski definition) is 6. The van der Waals surface area contributed by atoms with Crippen LogP contribution in [0.25, 0.3) is 0 Å². The average Bonchev–Trinajstić information content (AvgIpc) is 2.71. The SMILES string of the molecule is O=C1CC(C(=O)O)N(CC[NH+]2CC(O)C(O)[C@H]2CO)C(=O)N1. The summed E-state index contributed by atoms with van der Waals surface area (Å²) in [7, 11) is 0. The highest BCUT2D eigenvalue weighted by Gasteiger charge is 2.44. The number of quaternary nitrogens is 1. The van der Waals surface area contributed by atoms with Gasteiger partial charge in [-0.2, -0.15) is 0 Å². The molecule has 10 heteroatoms. The second-order valence-corrected chi connectivity index (χ2v) is 5.56. The van der Waals surface area contributed by atoms with Crippen molar-refractivity contribution in [1.82, 2.24) is 10.2 Å². The molecule has 0 saturated carbocycles. The van der Waals surface area contributed by atoms with Gasteiger partial charge in [0, 0.05) is 0 Å². The summed E-state index contributed by atoms with van der Waals surface area (Å²) < 4.78 is 0. The lowest BCUT2D eigenvalue weighted by molar-refractivity contribution is -0.914. The Labute approximate surface area is 125 Å². The standard InChI is InChI=1S/C12H19N3O7/c16-5-7-10(19)8(17)4-14(7)1-2-15-6(11(20)21)3-9(18)13-12(15)22/h6-8,10,16-17,19H,1-5H2,(H,20,21)(H,13,18,22)/p+1/t6?,7-,8?,10?/m1/s1. The maximum absolute atomic E-state index is 11.8. The molecule has 0 bridgehead atoms. The molecule has 0 aliphatic carbocycles. The van der Waals surface area contributed by atoms with Crippen molar-refractivity contribution >= 4 is 17.9 Å². The molecule has 22 heavy (non-hydrogen) atoms. The first kappa shape index (κ1) is 16.6. The van der Waals surface area contributed by atoms with Gasteiger partial charge < -0.3 is 30.2 Å². The van der Waals surface area contributed by atoms with E-state index in [1.54, 1.807) is 0 Å². The molecule has 2 fully saturated rings. The molecule has 0 radical (unpaired) electrons. The minimum Gasteiger partial charge on any atom is -0.480 e. The number of carbonyl (C=O) groups excluding carboxylic acids is 2. The lowest BCUT2D eigenvalue weighted by atomic mass is 10.1. The van der Waals surface area contributed by atoms with E-state index in [1.807, 2.05) is 0 Å². The summed E-state index contributed by atoms with van der Waals surface area (Å²) in [4.78, 5) is 35.9. The van der Waals surface area contributed by atoms with E-state index in [9.17, 15) is 29.7 Å². The third-order valence-electron chi connectivity index (χ3n) is 4.22. The van der Waals surface area contributed by atoms with Gasteiger partial charge in [0.05, 0.1) is 26.1 Å². The van der Waals surface area contributed by atoms with E-state index in [4.69, 9.17) is 5.11 Å². The van der Waals surface area contributed by atoms with E-state index >= 15 is 0 Å². The molecule has 0 spiro atoms. The number of imide groups is 1. The van der Waals surface area contributed by atoms with Gasteiger partial charge in [-0.15, -0.1) is 0 Å². The number of aliphatic hydroxyl groups is 3. The zero-order valence-electron chi connectivity index (χ0n) is 11.8. The van der Waals surface area contributed by atoms with Crippen molar-refractivity contribution in [3.8, 4) is 0 Å². The van der Waals surface area contributed by atoms with Crippen molar-refractivity contribution < 1.29 is 39.7 Å². The zero-order valence-corrected chi connectivity index (χ0v) is 11.8. The fraction of sp³-hybridized carbons (Fsp3) is 0.750. The van der Waals surface area contributed by atoms with E-state index in [-0.39, 0.29) is 32.7 Å². The monoisotopic (exact) mass is 318 g/mol. The van der Waals surface area contributed by atoms with Gasteiger partial charge in [-0.1, -0.05) is 0 Å². The highest BCUT2D eigenvalue weighted by Crippen LogP contribution is 2.10. The number of carboxylic acid groups (broad SMARTS) is 1. The Hall–Kier alpha value is -1.75. The van der Waals surface area contributed by atoms with Crippen molar-refractivity contribution in [3.63, 3.8) is 0 Å². The molecular weight excluding hydrogens is 298 g/mol. The zero-order chi connectivity index (χ0) is 16.4. The molecule has 6 N–H and O–H groups in total. The van der Waals surface area contributed by atoms with Gasteiger partial charge in [-0.05, 0) is 0 Å². The van der Waals surface area contributed by atoms with Gasteiger partial charge in [0.15, 0.2) is 0 Å². The van der Waals surface area contributed by atoms with Crippen LogP contribution in [0.5, 0.6) is 0 Å². The molecule has 4 unspecified atom stereocenters. The van der Waals surface area contributed by atoms with E-state index in [0.717, 1.165) is 4.90 Å². The van der Waals surface area contributed by atoms with E-state index in [2.05, 4.69) is 5.32 Å². The van der Waals surface area contributed by atoms with Gasteiger partial charge in [0.25, 0.3) is 0 Å². The normalized spacial score (nSPS) is 35.6. The lowest BCUT2D eigenvalue weighted by Crippen LogP contribution is -3.15. The summed E-state index contributed by atoms with van der Waals surface area (Å²) in [5.41, 5.74) is 0. The van der Waals surface area contributed by atoms with Crippen LogP contribution in [0.4, 0.5) is 4.79 Å². The average molecular weight is 318 g/mol. The minimum absolute atomic E-state index is 0.0291. The first-order chi connectivity index (χ1) is 10.3. The number of rotatable bonds is 5. The van der Waals surface area contributed by atoms with Crippen molar-refractivity contribution in [2.24, 2.45) is 0 Å². The number of nitrogens with zero attached hydrogens (tertiary/aromatic N) is 1. The van der Waals surface area contributed by atoms with Crippen molar-refractivity contribution in [2.75, 3.05) is 26.2 Å². The third-order valence-corrected chi connectivity index (χ3v) is 4.22. The fourth-order valence-corrected chi connectivity index (χ4v) is 2.99. The maximum atomic E-state index is 11.8. The van der Waals surface area contributed by atoms with E-state index in [0.29, 0.717) is 4.90 Å². The largest absolute Gasteiger partial charge is 0.480 e. The maximum Gasteiger partial charge on any atom is 0.327 e. The molecule has 3 amide bonds. The van der Waals surface area contributed by atoms with Crippen LogP contribution in [0.3, 0.4) is 0 Å². The predicted molar refractivity (Wildman–Crippen MR) is 69.9 cm³/mol.